The van der Waals surface area contributed by atoms with Crippen molar-refractivity contribution in [3.05, 3.63) is 48.0 Å². The average molecular weight is 228 g/mol. The second-order valence-corrected chi connectivity index (χ2v) is 4.50. The fourth-order valence-corrected chi connectivity index (χ4v) is 2.68. The lowest BCUT2D eigenvalue weighted by Crippen LogP contribution is -1.97. The molecule has 1 aliphatic heterocycles. The van der Waals surface area contributed by atoms with Crippen LogP contribution in [0.15, 0.2) is 52.3 Å². The Balaban J connectivity index is 2.15. The molecule has 16 heavy (non-hydrogen) atoms. The van der Waals surface area contributed by atoms with Crippen molar-refractivity contribution >= 4 is 18.0 Å². The number of hydrogen-bond donors (Lipinski definition) is 0. The van der Waals surface area contributed by atoms with E-state index < -0.39 is 0 Å². The summed E-state index contributed by atoms with van der Waals surface area (Å²) in [7, 11) is 0. The first-order chi connectivity index (χ1) is 7.88. The molecule has 1 heterocycles. The van der Waals surface area contributed by atoms with Gasteiger partial charge in [0.1, 0.15) is 11.5 Å². The second kappa shape index (κ2) is 3.68. The van der Waals surface area contributed by atoms with Gasteiger partial charge in [-0.3, -0.25) is 4.79 Å². The zero-order valence-electron chi connectivity index (χ0n) is 8.34. The third-order valence-electron chi connectivity index (χ3n) is 2.42. The molecule has 0 N–H and O–H groups in total. The van der Waals surface area contributed by atoms with E-state index in [0.29, 0.717) is 5.56 Å². The van der Waals surface area contributed by atoms with Gasteiger partial charge < -0.3 is 4.74 Å². The summed E-state index contributed by atoms with van der Waals surface area (Å²) in [5.74, 6) is 1.61. The molecule has 0 aromatic heterocycles. The summed E-state index contributed by atoms with van der Waals surface area (Å²) in [5.41, 5.74) is 0.678. The Morgan fingerprint density at radius 2 is 1.81 bits per heavy atom. The maximum Gasteiger partial charge on any atom is 0.151 e. The lowest BCUT2D eigenvalue weighted by Gasteiger charge is -2.20. The molecule has 0 saturated carbocycles. The molecule has 2 aromatic rings. The molecule has 0 unspecified atom stereocenters. The molecule has 78 valence electrons. The lowest BCUT2D eigenvalue weighted by atomic mass is 10.2. The Kier molecular flexibility index (Phi) is 2.18. The molecule has 0 spiro atoms. The summed E-state index contributed by atoms with van der Waals surface area (Å²) in [4.78, 5) is 12.9. The average Bonchev–Trinajstić information content (AvgIpc) is 2.35. The number of rotatable bonds is 1. The van der Waals surface area contributed by atoms with Crippen LogP contribution in [0.3, 0.4) is 0 Å². The van der Waals surface area contributed by atoms with Crippen LogP contribution < -0.4 is 4.74 Å². The molecule has 2 aromatic carbocycles. The van der Waals surface area contributed by atoms with E-state index in [1.807, 2.05) is 36.4 Å². The van der Waals surface area contributed by atoms with Crippen molar-refractivity contribution in [2.45, 2.75) is 9.79 Å². The van der Waals surface area contributed by atoms with Crippen LogP contribution in [0.5, 0.6) is 11.5 Å². The van der Waals surface area contributed by atoms with Crippen LogP contribution in [0.2, 0.25) is 0 Å². The van der Waals surface area contributed by atoms with Gasteiger partial charge in [0.2, 0.25) is 0 Å². The van der Waals surface area contributed by atoms with Gasteiger partial charge in [-0.15, -0.1) is 0 Å². The molecular weight excluding hydrogens is 220 g/mol. The van der Waals surface area contributed by atoms with Crippen LogP contribution in [0.4, 0.5) is 0 Å². The minimum Gasteiger partial charge on any atom is -0.455 e. The third kappa shape index (κ3) is 1.41. The summed E-state index contributed by atoms with van der Waals surface area (Å²) >= 11 is 1.58. The summed E-state index contributed by atoms with van der Waals surface area (Å²) in [5, 5.41) is 0. The predicted molar refractivity (Wildman–Crippen MR) is 62.5 cm³/mol. The SMILES string of the molecule is O=Cc1cccc2c1Sc1ccccc1O2. The smallest absolute Gasteiger partial charge is 0.151 e. The van der Waals surface area contributed by atoms with Gasteiger partial charge in [-0.1, -0.05) is 36.0 Å². The van der Waals surface area contributed by atoms with E-state index in [1.54, 1.807) is 17.8 Å². The Morgan fingerprint density at radius 3 is 2.69 bits per heavy atom. The van der Waals surface area contributed by atoms with Crippen molar-refractivity contribution in [2.75, 3.05) is 0 Å². The highest BCUT2D eigenvalue weighted by atomic mass is 32.2. The van der Waals surface area contributed by atoms with Crippen molar-refractivity contribution in [1.29, 1.82) is 0 Å². The van der Waals surface area contributed by atoms with E-state index in [2.05, 4.69) is 0 Å². The van der Waals surface area contributed by atoms with Crippen molar-refractivity contribution in [3.63, 3.8) is 0 Å². The van der Waals surface area contributed by atoms with Gasteiger partial charge in [0.05, 0.1) is 9.79 Å². The number of para-hydroxylation sites is 1. The maximum absolute atomic E-state index is 10.9. The molecule has 0 aliphatic carbocycles. The zero-order valence-corrected chi connectivity index (χ0v) is 9.16. The molecule has 0 fully saturated rings. The van der Waals surface area contributed by atoms with E-state index >= 15 is 0 Å². The number of fused-ring (bicyclic) bond motifs is 2. The van der Waals surface area contributed by atoms with Gasteiger partial charge in [-0.2, -0.15) is 0 Å². The van der Waals surface area contributed by atoms with Crippen LogP contribution in [0.1, 0.15) is 10.4 Å². The first-order valence-electron chi connectivity index (χ1n) is 4.91. The number of carbonyl (C=O) groups excluding carboxylic acids is 1. The molecule has 3 heteroatoms. The molecule has 0 bridgehead atoms. The Hall–Kier alpha value is -1.74. The van der Waals surface area contributed by atoms with Crippen LogP contribution in [0.25, 0.3) is 0 Å². The van der Waals surface area contributed by atoms with E-state index in [-0.39, 0.29) is 0 Å². The summed E-state index contributed by atoms with van der Waals surface area (Å²) in [6.45, 7) is 0. The predicted octanol–water partition coefficient (Wildman–Crippen LogP) is 3.76. The first kappa shape index (κ1) is 9.48. The monoisotopic (exact) mass is 228 g/mol. The van der Waals surface area contributed by atoms with Crippen LogP contribution in [0, 0.1) is 0 Å². The van der Waals surface area contributed by atoms with Crippen LogP contribution >= 0.6 is 11.8 Å². The van der Waals surface area contributed by atoms with E-state index in [9.17, 15) is 4.79 Å². The highest BCUT2D eigenvalue weighted by Crippen LogP contribution is 2.47. The number of hydrogen-bond acceptors (Lipinski definition) is 3. The van der Waals surface area contributed by atoms with E-state index in [1.165, 1.54) is 0 Å². The largest absolute Gasteiger partial charge is 0.455 e. The van der Waals surface area contributed by atoms with Crippen molar-refractivity contribution in [3.8, 4) is 11.5 Å². The van der Waals surface area contributed by atoms with Gasteiger partial charge in [0.25, 0.3) is 0 Å². The van der Waals surface area contributed by atoms with Crippen LogP contribution in [-0.2, 0) is 0 Å². The van der Waals surface area contributed by atoms with E-state index in [4.69, 9.17) is 4.74 Å². The summed E-state index contributed by atoms with van der Waals surface area (Å²) in [6, 6.07) is 13.3. The van der Waals surface area contributed by atoms with Gasteiger partial charge >= 0.3 is 0 Å². The Bertz CT molecular complexity index is 564. The minimum atomic E-state index is 0.678. The molecule has 0 saturated heterocycles. The molecule has 1 aliphatic rings. The summed E-state index contributed by atoms with van der Waals surface area (Å²) in [6.07, 6.45) is 0.864. The quantitative estimate of drug-likeness (QED) is 0.593. The van der Waals surface area contributed by atoms with Crippen LogP contribution in [-0.4, -0.2) is 6.29 Å². The molecular formula is C13H8O2S. The van der Waals surface area contributed by atoms with E-state index in [0.717, 1.165) is 27.6 Å². The lowest BCUT2D eigenvalue weighted by molar-refractivity contribution is 0.112. The Morgan fingerprint density at radius 1 is 1.00 bits per heavy atom. The minimum absolute atomic E-state index is 0.678. The standard InChI is InChI=1S/C13H8O2S/c14-8-9-4-3-6-11-13(9)16-12-7-2-1-5-10(12)15-11/h1-8H. The van der Waals surface area contributed by atoms with Crippen molar-refractivity contribution < 1.29 is 9.53 Å². The number of aldehydes is 1. The van der Waals surface area contributed by atoms with Gasteiger partial charge in [-0.25, -0.2) is 0 Å². The molecule has 0 amide bonds. The molecule has 2 nitrogen and oxygen atoms in total. The highest BCUT2D eigenvalue weighted by Gasteiger charge is 2.19. The van der Waals surface area contributed by atoms with Crippen molar-refractivity contribution in [1.82, 2.24) is 0 Å². The topological polar surface area (TPSA) is 26.3 Å². The zero-order chi connectivity index (χ0) is 11.0. The normalized spacial score (nSPS) is 12.2. The number of carbonyl (C=O) groups is 1. The highest BCUT2D eigenvalue weighted by molar-refractivity contribution is 7.99. The Labute approximate surface area is 97.2 Å². The third-order valence-corrected chi connectivity index (χ3v) is 3.62. The van der Waals surface area contributed by atoms with Crippen molar-refractivity contribution in [2.24, 2.45) is 0 Å². The summed E-state index contributed by atoms with van der Waals surface area (Å²) < 4.78 is 5.74. The van der Waals surface area contributed by atoms with Gasteiger partial charge in [0.15, 0.2) is 6.29 Å². The van der Waals surface area contributed by atoms with Gasteiger partial charge in [-0.05, 0) is 18.2 Å². The molecule has 3 rings (SSSR count). The molecule has 0 atom stereocenters. The number of benzene rings is 2. The number of ether oxygens (including phenoxy) is 1. The maximum atomic E-state index is 10.9. The second-order valence-electron chi connectivity index (χ2n) is 3.44. The first-order valence-corrected chi connectivity index (χ1v) is 5.73. The molecule has 0 radical (unpaired) electrons. The van der Waals surface area contributed by atoms with Gasteiger partial charge in [0, 0.05) is 5.56 Å². The fourth-order valence-electron chi connectivity index (χ4n) is 1.66. The fraction of sp³-hybridized carbons (Fsp3) is 0.